The molecule has 28 heavy (non-hydrogen) atoms. The normalized spacial score (nSPS) is 16.5. The molecule has 0 bridgehead atoms. The summed E-state index contributed by atoms with van der Waals surface area (Å²) >= 11 is 13.3. The Kier molecular flexibility index (Phi) is 6.61. The minimum atomic E-state index is -3.76. The molecule has 1 fully saturated rings. The average molecular weight is 463 g/mol. The molecule has 0 radical (unpaired) electrons. The third-order valence-electron chi connectivity index (χ3n) is 4.50. The summed E-state index contributed by atoms with van der Waals surface area (Å²) in [4.78, 5) is 12.5. The monoisotopic (exact) mass is 462 g/mol. The van der Waals surface area contributed by atoms with E-state index in [1.807, 2.05) is 13.8 Å². The van der Waals surface area contributed by atoms with Gasteiger partial charge in [0.2, 0.25) is 21.1 Å². The molecule has 2 aromatic rings. The number of sulfonamides is 1. The van der Waals surface area contributed by atoms with E-state index in [4.69, 9.17) is 23.2 Å². The van der Waals surface area contributed by atoms with Crippen LogP contribution in [0.4, 0.5) is 5.13 Å². The van der Waals surface area contributed by atoms with Crippen LogP contribution in [0, 0.1) is 5.92 Å². The maximum Gasteiger partial charge on any atom is 0.244 e. The van der Waals surface area contributed by atoms with Crippen molar-refractivity contribution in [2.24, 2.45) is 5.92 Å². The van der Waals surface area contributed by atoms with E-state index >= 15 is 0 Å². The Hall–Kier alpha value is -1.26. The van der Waals surface area contributed by atoms with Gasteiger partial charge in [0, 0.05) is 29.9 Å². The molecule has 1 amide bonds. The molecular formula is C17H20Cl2N4O3S2. The topological polar surface area (TPSA) is 92.3 Å². The van der Waals surface area contributed by atoms with Gasteiger partial charge in [-0.15, -0.1) is 10.2 Å². The first-order chi connectivity index (χ1) is 13.2. The molecule has 1 aliphatic heterocycles. The van der Waals surface area contributed by atoms with Gasteiger partial charge in [-0.3, -0.25) is 4.79 Å². The highest BCUT2D eigenvalue weighted by molar-refractivity contribution is 7.89. The lowest BCUT2D eigenvalue weighted by atomic mass is 9.97. The Bertz CT molecular complexity index is 971. The average Bonchev–Trinajstić information content (AvgIpc) is 3.12. The van der Waals surface area contributed by atoms with Crippen molar-refractivity contribution in [3.05, 3.63) is 33.3 Å². The minimum absolute atomic E-state index is 0.0142. The molecule has 1 saturated heterocycles. The molecule has 152 valence electrons. The van der Waals surface area contributed by atoms with Crippen molar-refractivity contribution >= 4 is 55.6 Å². The Morgan fingerprint density at radius 2 is 1.93 bits per heavy atom. The summed E-state index contributed by atoms with van der Waals surface area (Å²) in [5.41, 5.74) is 0. The van der Waals surface area contributed by atoms with Crippen molar-refractivity contribution < 1.29 is 13.2 Å². The number of piperidine rings is 1. The summed E-state index contributed by atoms with van der Waals surface area (Å²) in [6.45, 7) is 4.48. The highest BCUT2D eigenvalue weighted by Gasteiger charge is 2.33. The van der Waals surface area contributed by atoms with Crippen molar-refractivity contribution in [3.63, 3.8) is 0 Å². The smallest absolute Gasteiger partial charge is 0.244 e. The van der Waals surface area contributed by atoms with Gasteiger partial charge in [0.05, 0.1) is 5.02 Å². The minimum Gasteiger partial charge on any atom is -0.300 e. The molecule has 1 N–H and O–H groups in total. The van der Waals surface area contributed by atoms with Gasteiger partial charge in [0.25, 0.3) is 0 Å². The number of nitrogens with zero attached hydrogens (tertiary/aromatic N) is 3. The van der Waals surface area contributed by atoms with Gasteiger partial charge in [-0.1, -0.05) is 48.4 Å². The molecule has 11 heteroatoms. The second-order valence-corrected chi connectivity index (χ2v) is 10.6. The fourth-order valence-corrected chi connectivity index (χ4v) is 5.85. The van der Waals surface area contributed by atoms with Gasteiger partial charge in [0.1, 0.15) is 9.90 Å². The second kappa shape index (κ2) is 8.62. The van der Waals surface area contributed by atoms with Crippen molar-refractivity contribution in [1.29, 1.82) is 0 Å². The zero-order valence-electron chi connectivity index (χ0n) is 15.4. The molecule has 2 heterocycles. The van der Waals surface area contributed by atoms with Crippen LogP contribution in [0.25, 0.3) is 0 Å². The Labute approximate surface area is 178 Å². The van der Waals surface area contributed by atoms with E-state index in [-0.39, 0.29) is 40.8 Å². The first kappa shape index (κ1) is 21.4. The predicted molar refractivity (Wildman–Crippen MR) is 111 cm³/mol. The number of carbonyl (C=O) groups is 1. The molecule has 0 saturated carbocycles. The third-order valence-corrected chi connectivity index (χ3v) is 8.26. The number of halogens is 2. The van der Waals surface area contributed by atoms with Gasteiger partial charge >= 0.3 is 0 Å². The van der Waals surface area contributed by atoms with E-state index in [0.29, 0.717) is 23.0 Å². The molecule has 0 aliphatic carbocycles. The van der Waals surface area contributed by atoms with Crippen molar-refractivity contribution in [2.75, 3.05) is 18.4 Å². The highest BCUT2D eigenvalue weighted by Crippen LogP contribution is 2.31. The van der Waals surface area contributed by atoms with Crippen LogP contribution in [0.3, 0.4) is 0 Å². The number of benzene rings is 1. The maximum atomic E-state index is 12.9. The lowest BCUT2D eigenvalue weighted by Crippen LogP contribution is -2.41. The van der Waals surface area contributed by atoms with Crippen molar-refractivity contribution in [1.82, 2.24) is 14.5 Å². The third kappa shape index (κ3) is 4.65. The van der Waals surface area contributed by atoms with Gasteiger partial charge in [-0.25, -0.2) is 8.42 Å². The Morgan fingerprint density at radius 1 is 1.25 bits per heavy atom. The molecule has 3 rings (SSSR count). The number of anilines is 1. The first-order valence-electron chi connectivity index (χ1n) is 8.78. The van der Waals surface area contributed by atoms with Gasteiger partial charge in [0.15, 0.2) is 0 Å². The van der Waals surface area contributed by atoms with Crippen LogP contribution in [-0.2, 0) is 14.8 Å². The number of carbonyl (C=O) groups excluding carboxylic acids is 1. The number of hydrogen-bond acceptors (Lipinski definition) is 6. The summed E-state index contributed by atoms with van der Waals surface area (Å²) in [6.07, 6.45) is 0.832. The highest BCUT2D eigenvalue weighted by atomic mass is 35.5. The van der Waals surface area contributed by atoms with E-state index < -0.39 is 10.0 Å². The van der Waals surface area contributed by atoms with Crippen molar-refractivity contribution in [3.8, 4) is 0 Å². The largest absolute Gasteiger partial charge is 0.300 e. The van der Waals surface area contributed by atoms with Crippen LogP contribution in [0.15, 0.2) is 23.1 Å². The lowest BCUT2D eigenvalue weighted by molar-refractivity contribution is -0.120. The van der Waals surface area contributed by atoms with Gasteiger partial charge < -0.3 is 5.32 Å². The summed E-state index contributed by atoms with van der Waals surface area (Å²) in [7, 11) is -3.76. The lowest BCUT2D eigenvalue weighted by Gasteiger charge is -2.30. The van der Waals surface area contributed by atoms with Crippen LogP contribution in [0.2, 0.25) is 10.0 Å². The number of rotatable bonds is 5. The molecule has 1 aromatic heterocycles. The Balaban J connectivity index is 1.63. The molecule has 1 aliphatic rings. The summed E-state index contributed by atoms with van der Waals surface area (Å²) in [5, 5.41) is 12.6. The van der Waals surface area contributed by atoms with Gasteiger partial charge in [-0.2, -0.15) is 4.31 Å². The van der Waals surface area contributed by atoms with Crippen LogP contribution in [0.1, 0.15) is 37.6 Å². The van der Waals surface area contributed by atoms with Crippen LogP contribution in [-0.4, -0.2) is 41.9 Å². The van der Waals surface area contributed by atoms with Crippen LogP contribution >= 0.6 is 34.5 Å². The zero-order valence-corrected chi connectivity index (χ0v) is 18.5. The summed E-state index contributed by atoms with van der Waals surface area (Å²) in [5.74, 6) is -0.202. The first-order valence-corrected chi connectivity index (χ1v) is 11.8. The summed E-state index contributed by atoms with van der Waals surface area (Å²) < 4.78 is 27.1. The van der Waals surface area contributed by atoms with E-state index in [1.165, 1.54) is 33.8 Å². The number of amides is 1. The number of nitrogens with one attached hydrogen (secondary N) is 1. The second-order valence-electron chi connectivity index (χ2n) is 6.84. The van der Waals surface area contributed by atoms with E-state index in [0.717, 1.165) is 5.01 Å². The number of hydrogen-bond donors (Lipinski definition) is 1. The molecule has 1 aromatic carbocycles. The van der Waals surface area contributed by atoms with Crippen LogP contribution in [0.5, 0.6) is 0 Å². The molecule has 7 nitrogen and oxygen atoms in total. The van der Waals surface area contributed by atoms with Crippen LogP contribution < -0.4 is 5.32 Å². The zero-order chi connectivity index (χ0) is 20.5. The van der Waals surface area contributed by atoms with E-state index in [2.05, 4.69) is 15.5 Å². The molecular weight excluding hydrogens is 443 g/mol. The standard InChI is InChI=1S/C17H20Cl2N4O3S2/c1-10(2)16-21-22-17(27-16)20-15(24)11-5-7-23(8-6-11)28(25,26)14-9-12(18)3-4-13(14)19/h3-4,9-11H,5-8H2,1-2H3,(H,20,22,24). The predicted octanol–water partition coefficient (Wildman–Crippen LogP) is 4.01. The van der Waals surface area contributed by atoms with Gasteiger partial charge in [-0.05, 0) is 31.0 Å². The summed E-state index contributed by atoms with van der Waals surface area (Å²) in [6, 6.07) is 4.35. The van der Waals surface area contributed by atoms with E-state index in [1.54, 1.807) is 0 Å². The fourth-order valence-electron chi connectivity index (χ4n) is 2.90. The molecule has 0 unspecified atom stereocenters. The number of aromatic nitrogens is 2. The molecule has 0 atom stereocenters. The quantitative estimate of drug-likeness (QED) is 0.724. The maximum absolute atomic E-state index is 12.9. The van der Waals surface area contributed by atoms with E-state index in [9.17, 15) is 13.2 Å². The van der Waals surface area contributed by atoms with Crippen molar-refractivity contribution in [2.45, 2.75) is 37.5 Å². The SMILES string of the molecule is CC(C)c1nnc(NC(=O)C2CCN(S(=O)(=O)c3cc(Cl)ccc3Cl)CC2)s1. The molecule has 0 spiro atoms. The Morgan fingerprint density at radius 3 is 2.54 bits per heavy atom. The fraction of sp³-hybridized carbons (Fsp3) is 0.471.